The Labute approximate surface area is 68.1 Å². The zero-order chi connectivity index (χ0) is 7.82. The van der Waals surface area contributed by atoms with Gasteiger partial charge in [-0.15, -0.1) is 11.6 Å². The van der Waals surface area contributed by atoms with Crippen LogP contribution in [-0.4, -0.2) is 30.6 Å². The molecule has 0 unspecified atom stereocenters. The highest BCUT2D eigenvalue weighted by Gasteiger charge is 1.98. The fraction of sp³-hybridized carbons (Fsp3) is 1.00. The maximum Gasteiger partial charge on any atom is 0.0656 e. The number of hydrogen-bond donors (Lipinski definition) is 0. The highest BCUT2D eigenvalue weighted by atomic mass is 35.5. The van der Waals surface area contributed by atoms with E-state index >= 15 is 0 Å². The Bertz CT molecular complexity index is 70.6. The molecule has 0 rings (SSSR count). The lowest BCUT2D eigenvalue weighted by atomic mass is 10.5. The van der Waals surface area contributed by atoms with E-state index in [-0.39, 0.29) is 0 Å². The molecule has 0 fully saturated rings. The number of hydrogen-bond acceptors (Lipinski definition) is 2. The van der Waals surface area contributed by atoms with Crippen molar-refractivity contribution in [3.05, 3.63) is 0 Å². The van der Waals surface area contributed by atoms with Gasteiger partial charge in [-0.05, 0) is 13.3 Å². The number of nitrogens with zero attached hydrogens (tertiary/aromatic N) is 1. The van der Waals surface area contributed by atoms with E-state index in [9.17, 15) is 0 Å². The molecule has 62 valence electrons. The third-order valence-corrected chi connectivity index (χ3v) is 1.47. The average Bonchev–Trinajstić information content (AvgIpc) is 1.98. The predicted octanol–water partition coefficient (Wildman–Crippen LogP) is 1.89. The van der Waals surface area contributed by atoms with Crippen LogP contribution in [0.1, 0.15) is 20.3 Å². The summed E-state index contributed by atoms with van der Waals surface area (Å²) in [6.07, 6.45) is 0.995. The Hall–Kier alpha value is 0.210. The van der Waals surface area contributed by atoms with Crippen molar-refractivity contribution in [3.8, 4) is 0 Å². The molecule has 0 aromatic heterocycles. The minimum atomic E-state index is 0.712. The van der Waals surface area contributed by atoms with Gasteiger partial charge in [0.1, 0.15) is 0 Å². The molecule has 0 amide bonds. The zero-order valence-electron chi connectivity index (χ0n) is 6.77. The van der Waals surface area contributed by atoms with Gasteiger partial charge in [0, 0.05) is 19.0 Å². The van der Waals surface area contributed by atoms with E-state index in [1.54, 1.807) is 0 Å². The number of alkyl halides is 1. The molecule has 3 heteroatoms. The van der Waals surface area contributed by atoms with Crippen LogP contribution < -0.4 is 0 Å². The maximum absolute atomic E-state index is 5.52. The molecule has 2 nitrogen and oxygen atoms in total. The third-order valence-electron chi connectivity index (χ3n) is 1.21. The van der Waals surface area contributed by atoms with Gasteiger partial charge < -0.3 is 0 Å². The monoisotopic (exact) mass is 165 g/mol. The van der Waals surface area contributed by atoms with E-state index in [1.807, 2.05) is 12.0 Å². The molecule has 0 aliphatic carbocycles. The van der Waals surface area contributed by atoms with Crippen LogP contribution in [0.3, 0.4) is 0 Å². The largest absolute Gasteiger partial charge is 0.299 e. The first kappa shape index (κ1) is 10.2. The lowest BCUT2D eigenvalue weighted by Crippen LogP contribution is -2.25. The summed E-state index contributed by atoms with van der Waals surface area (Å²) in [5.41, 5.74) is 0. The number of halogens is 1. The van der Waals surface area contributed by atoms with Gasteiger partial charge in [-0.1, -0.05) is 6.92 Å². The molecule has 10 heavy (non-hydrogen) atoms. The molecular formula is C7H16ClNO. The first-order valence-corrected chi connectivity index (χ1v) is 4.32. The SMILES string of the molecule is CCON(CC)CCCCl. The van der Waals surface area contributed by atoms with Crippen molar-refractivity contribution in [1.82, 2.24) is 5.06 Å². The number of rotatable bonds is 6. The van der Waals surface area contributed by atoms with E-state index in [0.717, 1.165) is 26.1 Å². The molecule has 0 heterocycles. The van der Waals surface area contributed by atoms with E-state index in [1.165, 1.54) is 0 Å². The fourth-order valence-electron chi connectivity index (χ4n) is 0.733. The molecule has 0 aromatic rings. The van der Waals surface area contributed by atoms with Gasteiger partial charge in [-0.25, -0.2) is 0 Å². The summed E-state index contributed by atoms with van der Waals surface area (Å²) >= 11 is 5.52. The summed E-state index contributed by atoms with van der Waals surface area (Å²) in [7, 11) is 0. The quantitative estimate of drug-likeness (QED) is 0.440. The summed E-state index contributed by atoms with van der Waals surface area (Å²) in [6, 6.07) is 0. The highest BCUT2D eigenvalue weighted by Crippen LogP contribution is 1.93. The van der Waals surface area contributed by atoms with Crippen molar-refractivity contribution in [2.45, 2.75) is 20.3 Å². The topological polar surface area (TPSA) is 12.5 Å². The molecule has 0 spiro atoms. The zero-order valence-corrected chi connectivity index (χ0v) is 7.52. The second kappa shape index (κ2) is 7.32. The Morgan fingerprint density at radius 3 is 2.50 bits per heavy atom. The standard InChI is InChI=1S/C7H16ClNO/c1-3-9(10-4-2)7-5-6-8/h3-7H2,1-2H3. The summed E-state index contributed by atoms with van der Waals surface area (Å²) in [6.45, 7) is 6.68. The van der Waals surface area contributed by atoms with E-state index < -0.39 is 0 Å². The summed E-state index contributed by atoms with van der Waals surface area (Å²) in [4.78, 5) is 5.27. The molecule has 0 aromatic carbocycles. The highest BCUT2D eigenvalue weighted by molar-refractivity contribution is 6.17. The van der Waals surface area contributed by atoms with Crippen molar-refractivity contribution in [2.24, 2.45) is 0 Å². The second-order valence-electron chi connectivity index (χ2n) is 1.98. The van der Waals surface area contributed by atoms with Gasteiger partial charge in [0.15, 0.2) is 0 Å². The van der Waals surface area contributed by atoms with Crippen LogP contribution in [0.2, 0.25) is 0 Å². The average molecular weight is 166 g/mol. The molecule has 0 aliphatic heterocycles. The molecule has 0 N–H and O–H groups in total. The molecule has 0 saturated carbocycles. The van der Waals surface area contributed by atoms with Crippen LogP contribution in [0.15, 0.2) is 0 Å². The van der Waals surface area contributed by atoms with Crippen LogP contribution >= 0.6 is 11.6 Å². The van der Waals surface area contributed by atoms with Crippen molar-refractivity contribution in [1.29, 1.82) is 0 Å². The second-order valence-corrected chi connectivity index (χ2v) is 2.36. The van der Waals surface area contributed by atoms with Crippen LogP contribution in [0, 0.1) is 0 Å². The van der Waals surface area contributed by atoms with Crippen LogP contribution in [-0.2, 0) is 4.84 Å². The van der Waals surface area contributed by atoms with E-state index in [0.29, 0.717) is 5.88 Å². The Balaban J connectivity index is 3.21. The van der Waals surface area contributed by atoms with Crippen molar-refractivity contribution >= 4 is 11.6 Å². The van der Waals surface area contributed by atoms with Crippen molar-refractivity contribution < 1.29 is 4.84 Å². The molecule has 0 atom stereocenters. The van der Waals surface area contributed by atoms with Crippen LogP contribution in [0.5, 0.6) is 0 Å². The van der Waals surface area contributed by atoms with E-state index in [4.69, 9.17) is 16.4 Å². The molecular weight excluding hydrogens is 150 g/mol. The minimum absolute atomic E-state index is 0.712. The van der Waals surface area contributed by atoms with Gasteiger partial charge in [-0.3, -0.25) is 4.84 Å². The smallest absolute Gasteiger partial charge is 0.0656 e. The molecule has 0 radical (unpaired) electrons. The van der Waals surface area contributed by atoms with Crippen LogP contribution in [0.25, 0.3) is 0 Å². The summed E-state index contributed by atoms with van der Waals surface area (Å²) in [5, 5.41) is 1.93. The van der Waals surface area contributed by atoms with Crippen molar-refractivity contribution in [2.75, 3.05) is 25.6 Å². The van der Waals surface area contributed by atoms with Crippen molar-refractivity contribution in [3.63, 3.8) is 0 Å². The lowest BCUT2D eigenvalue weighted by molar-refractivity contribution is -0.150. The first-order chi connectivity index (χ1) is 4.85. The van der Waals surface area contributed by atoms with Gasteiger partial charge in [0.05, 0.1) is 6.61 Å². The maximum atomic E-state index is 5.52. The van der Waals surface area contributed by atoms with Crippen LogP contribution in [0.4, 0.5) is 0 Å². The summed E-state index contributed by atoms with van der Waals surface area (Å²) in [5.74, 6) is 0.712. The summed E-state index contributed by atoms with van der Waals surface area (Å²) < 4.78 is 0. The Morgan fingerprint density at radius 1 is 1.40 bits per heavy atom. The normalized spacial score (nSPS) is 10.8. The van der Waals surface area contributed by atoms with Gasteiger partial charge in [0.2, 0.25) is 0 Å². The Morgan fingerprint density at radius 2 is 2.10 bits per heavy atom. The first-order valence-electron chi connectivity index (χ1n) is 3.79. The fourth-order valence-corrected chi connectivity index (χ4v) is 0.852. The minimum Gasteiger partial charge on any atom is -0.299 e. The van der Waals surface area contributed by atoms with Gasteiger partial charge in [0.25, 0.3) is 0 Å². The van der Waals surface area contributed by atoms with E-state index in [2.05, 4.69) is 6.92 Å². The molecule has 0 bridgehead atoms. The van der Waals surface area contributed by atoms with Gasteiger partial charge in [-0.2, -0.15) is 5.06 Å². The van der Waals surface area contributed by atoms with Gasteiger partial charge >= 0.3 is 0 Å². The number of hydroxylamine groups is 2. The third kappa shape index (κ3) is 5.03. The lowest BCUT2D eigenvalue weighted by Gasteiger charge is -2.17. The predicted molar refractivity (Wildman–Crippen MR) is 44.2 cm³/mol. The molecule has 0 saturated heterocycles. The molecule has 0 aliphatic rings. The Kier molecular flexibility index (Phi) is 7.47.